The lowest BCUT2D eigenvalue weighted by atomic mass is 10.0. The molecule has 0 radical (unpaired) electrons. The normalized spacial score (nSPS) is 26.2. The van der Waals surface area contributed by atoms with Crippen molar-refractivity contribution in [1.29, 1.82) is 0 Å². The van der Waals surface area contributed by atoms with Gasteiger partial charge in [0.2, 0.25) is 5.91 Å². The first-order valence-corrected chi connectivity index (χ1v) is 8.99. The highest BCUT2D eigenvalue weighted by molar-refractivity contribution is 5.78. The standard InChI is InChI=1S/C19H27FN2O2/c1-15-3-2-9-21(10-8-15)14-19(23)22-11-12-24-18(13-22)16-4-6-17(20)7-5-16/h4-7,15,18H,2-3,8-14H2,1H3/t15-,18-/m0/s1. The molecule has 1 aromatic carbocycles. The van der Waals surface area contributed by atoms with Crippen LogP contribution < -0.4 is 0 Å². The lowest BCUT2D eigenvalue weighted by Crippen LogP contribution is -2.46. The average molecular weight is 334 g/mol. The molecular weight excluding hydrogens is 307 g/mol. The molecule has 0 saturated carbocycles. The zero-order valence-electron chi connectivity index (χ0n) is 14.4. The van der Waals surface area contributed by atoms with Crippen molar-refractivity contribution in [1.82, 2.24) is 9.80 Å². The van der Waals surface area contributed by atoms with E-state index in [0.29, 0.717) is 26.2 Å². The van der Waals surface area contributed by atoms with Crippen molar-refractivity contribution in [2.75, 3.05) is 39.3 Å². The van der Waals surface area contributed by atoms with Crippen LogP contribution in [0.5, 0.6) is 0 Å². The van der Waals surface area contributed by atoms with Gasteiger partial charge < -0.3 is 9.64 Å². The van der Waals surface area contributed by atoms with E-state index in [0.717, 1.165) is 24.6 Å². The first-order chi connectivity index (χ1) is 11.6. The second-order valence-corrected chi connectivity index (χ2v) is 7.06. The fourth-order valence-electron chi connectivity index (χ4n) is 3.53. The second-order valence-electron chi connectivity index (χ2n) is 7.06. The Bertz CT molecular complexity index is 549. The summed E-state index contributed by atoms with van der Waals surface area (Å²) in [4.78, 5) is 16.8. The van der Waals surface area contributed by atoms with Crippen LogP contribution in [0, 0.1) is 11.7 Å². The number of halogens is 1. The summed E-state index contributed by atoms with van der Waals surface area (Å²) in [5.41, 5.74) is 0.928. The minimum Gasteiger partial charge on any atom is -0.370 e. The zero-order valence-corrected chi connectivity index (χ0v) is 14.4. The van der Waals surface area contributed by atoms with Crippen molar-refractivity contribution in [3.63, 3.8) is 0 Å². The smallest absolute Gasteiger partial charge is 0.236 e. The number of nitrogens with zero attached hydrogens (tertiary/aromatic N) is 2. The molecule has 0 spiro atoms. The summed E-state index contributed by atoms with van der Waals surface area (Å²) >= 11 is 0. The highest BCUT2D eigenvalue weighted by Gasteiger charge is 2.27. The molecule has 1 aromatic rings. The van der Waals surface area contributed by atoms with Crippen molar-refractivity contribution in [2.24, 2.45) is 5.92 Å². The van der Waals surface area contributed by atoms with Gasteiger partial charge in [-0.2, -0.15) is 0 Å². The molecule has 2 heterocycles. The Morgan fingerprint density at radius 1 is 1.21 bits per heavy atom. The molecule has 2 fully saturated rings. The molecule has 2 saturated heterocycles. The third-order valence-corrected chi connectivity index (χ3v) is 5.13. The van der Waals surface area contributed by atoms with E-state index in [4.69, 9.17) is 4.74 Å². The van der Waals surface area contributed by atoms with Gasteiger partial charge in [-0.25, -0.2) is 4.39 Å². The SMILES string of the molecule is C[C@H]1CCCN(CC(=O)N2CCO[C@H](c3ccc(F)cc3)C2)CC1. The fraction of sp³-hybridized carbons (Fsp3) is 0.632. The molecule has 0 aliphatic carbocycles. The van der Waals surface area contributed by atoms with E-state index in [-0.39, 0.29) is 17.8 Å². The maximum Gasteiger partial charge on any atom is 0.236 e. The van der Waals surface area contributed by atoms with Crippen LogP contribution in [0.2, 0.25) is 0 Å². The number of likely N-dealkylation sites (tertiary alicyclic amines) is 1. The number of rotatable bonds is 3. The number of carbonyl (C=O) groups is 1. The van der Waals surface area contributed by atoms with Crippen LogP contribution in [-0.2, 0) is 9.53 Å². The second kappa shape index (κ2) is 8.08. The number of hydrogen-bond acceptors (Lipinski definition) is 3. The maximum atomic E-state index is 13.1. The summed E-state index contributed by atoms with van der Waals surface area (Å²) in [6.45, 7) is 6.55. The monoisotopic (exact) mass is 334 g/mol. The van der Waals surface area contributed by atoms with E-state index in [1.807, 2.05) is 4.90 Å². The van der Waals surface area contributed by atoms with Gasteiger partial charge in [-0.15, -0.1) is 0 Å². The Morgan fingerprint density at radius 3 is 2.79 bits per heavy atom. The maximum absolute atomic E-state index is 13.1. The van der Waals surface area contributed by atoms with Gasteiger partial charge in [-0.05, 0) is 56.0 Å². The largest absolute Gasteiger partial charge is 0.370 e. The molecule has 0 aromatic heterocycles. The summed E-state index contributed by atoms with van der Waals surface area (Å²) in [6.07, 6.45) is 3.45. The van der Waals surface area contributed by atoms with Gasteiger partial charge in [0.25, 0.3) is 0 Å². The van der Waals surface area contributed by atoms with Crippen molar-refractivity contribution in [3.05, 3.63) is 35.6 Å². The average Bonchev–Trinajstić information content (AvgIpc) is 2.80. The summed E-state index contributed by atoms with van der Waals surface area (Å²) < 4.78 is 18.8. The number of hydrogen-bond donors (Lipinski definition) is 0. The zero-order chi connectivity index (χ0) is 16.9. The van der Waals surface area contributed by atoms with Crippen molar-refractivity contribution >= 4 is 5.91 Å². The van der Waals surface area contributed by atoms with Gasteiger partial charge in [-0.1, -0.05) is 19.1 Å². The van der Waals surface area contributed by atoms with Crippen molar-refractivity contribution in [3.8, 4) is 0 Å². The van der Waals surface area contributed by atoms with Crippen molar-refractivity contribution < 1.29 is 13.9 Å². The lowest BCUT2D eigenvalue weighted by molar-refractivity contribution is -0.140. The molecular formula is C19H27FN2O2. The molecule has 4 nitrogen and oxygen atoms in total. The van der Waals surface area contributed by atoms with E-state index >= 15 is 0 Å². The Kier molecular flexibility index (Phi) is 5.85. The third-order valence-electron chi connectivity index (χ3n) is 5.13. The van der Waals surface area contributed by atoms with Crippen LogP contribution in [0.1, 0.15) is 37.9 Å². The first kappa shape index (κ1) is 17.4. The topological polar surface area (TPSA) is 32.8 Å². The van der Waals surface area contributed by atoms with Gasteiger partial charge in [0.05, 0.1) is 19.7 Å². The van der Waals surface area contributed by atoms with Gasteiger partial charge in [0.1, 0.15) is 11.9 Å². The highest BCUT2D eigenvalue weighted by Crippen LogP contribution is 2.23. The van der Waals surface area contributed by atoms with E-state index in [1.165, 1.54) is 31.4 Å². The van der Waals surface area contributed by atoms with Gasteiger partial charge in [-0.3, -0.25) is 9.69 Å². The number of ether oxygens (including phenoxy) is 1. The Labute approximate surface area is 143 Å². The lowest BCUT2D eigenvalue weighted by Gasteiger charge is -2.34. The Balaban J connectivity index is 1.55. The molecule has 5 heteroatoms. The van der Waals surface area contributed by atoms with Gasteiger partial charge in [0, 0.05) is 6.54 Å². The third kappa shape index (κ3) is 4.54. The number of carbonyl (C=O) groups excluding carboxylic acids is 1. The first-order valence-electron chi connectivity index (χ1n) is 8.99. The number of benzene rings is 1. The number of amides is 1. The summed E-state index contributed by atoms with van der Waals surface area (Å²) in [5, 5.41) is 0. The van der Waals surface area contributed by atoms with Crippen LogP contribution in [0.4, 0.5) is 4.39 Å². The minimum absolute atomic E-state index is 0.160. The Hall–Kier alpha value is -1.46. The van der Waals surface area contributed by atoms with Crippen LogP contribution in [0.3, 0.4) is 0 Å². The van der Waals surface area contributed by atoms with Crippen LogP contribution in [0.15, 0.2) is 24.3 Å². The highest BCUT2D eigenvalue weighted by atomic mass is 19.1. The van der Waals surface area contributed by atoms with Crippen LogP contribution in [0.25, 0.3) is 0 Å². The predicted molar refractivity (Wildman–Crippen MR) is 91.1 cm³/mol. The molecule has 24 heavy (non-hydrogen) atoms. The summed E-state index contributed by atoms with van der Waals surface area (Å²) in [5.74, 6) is 0.689. The van der Waals surface area contributed by atoms with E-state index in [9.17, 15) is 9.18 Å². The summed E-state index contributed by atoms with van der Waals surface area (Å²) in [7, 11) is 0. The van der Waals surface area contributed by atoms with Crippen molar-refractivity contribution in [2.45, 2.75) is 32.3 Å². The molecule has 3 rings (SSSR count). The van der Waals surface area contributed by atoms with E-state index < -0.39 is 0 Å². The molecule has 132 valence electrons. The molecule has 2 atom stereocenters. The molecule has 2 aliphatic rings. The van der Waals surface area contributed by atoms with E-state index in [1.54, 1.807) is 12.1 Å². The van der Waals surface area contributed by atoms with Gasteiger partial charge >= 0.3 is 0 Å². The molecule has 0 N–H and O–H groups in total. The Morgan fingerprint density at radius 2 is 2.00 bits per heavy atom. The van der Waals surface area contributed by atoms with Gasteiger partial charge in [0.15, 0.2) is 0 Å². The number of morpholine rings is 1. The van der Waals surface area contributed by atoms with Crippen LogP contribution >= 0.6 is 0 Å². The molecule has 0 bridgehead atoms. The quantitative estimate of drug-likeness (QED) is 0.852. The fourth-order valence-corrected chi connectivity index (χ4v) is 3.53. The van der Waals surface area contributed by atoms with Crippen LogP contribution in [-0.4, -0.2) is 55.0 Å². The predicted octanol–water partition coefficient (Wildman–Crippen LogP) is 2.85. The minimum atomic E-state index is -0.252. The molecule has 1 amide bonds. The van der Waals surface area contributed by atoms with E-state index in [2.05, 4.69) is 11.8 Å². The molecule has 2 aliphatic heterocycles. The summed E-state index contributed by atoms with van der Waals surface area (Å²) in [6, 6.07) is 6.37. The molecule has 0 unspecified atom stereocenters.